The van der Waals surface area contributed by atoms with Gasteiger partial charge in [-0.05, 0) is 31.0 Å². The highest BCUT2D eigenvalue weighted by atomic mass is 32.2. The van der Waals surface area contributed by atoms with E-state index in [-0.39, 0.29) is 28.7 Å². The number of aliphatic hydroxyl groups is 1. The fourth-order valence-corrected chi connectivity index (χ4v) is 4.69. The van der Waals surface area contributed by atoms with E-state index in [4.69, 9.17) is 9.47 Å². The van der Waals surface area contributed by atoms with Crippen LogP contribution in [0.2, 0.25) is 0 Å². The van der Waals surface area contributed by atoms with Gasteiger partial charge in [-0.1, -0.05) is 0 Å². The first-order valence-corrected chi connectivity index (χ1v) is 11.1. The van der Waals surface area contributed by atoms with E-state index in [1.807, 2.05) is 0 Å². The van der Waals surface area contributed by atoms with Crippen LogP contribution >= 0.6 is 0 Å². The first-order valence-electron chi connectivity index (χ1n) is 7.70. The van der Waals surface area contributed by atoms with Crippen molar-refractivity contribution in [1.82, 2.24) is 4.72 Å². The van der Waals surface area contributed by atoms with Gasteiger partial charge < -0.3 is 14.6 Å². The van der Waals surface area contributed by atoms with Gasteiger partial charge >= 0.3 is 0 Å². The summed E-state index contributed by atoms with van der Waals surface area (Å²) in [6.45, 7) is 0.769. The lowest BCUT2D eigenvalue weighted by Gasteiger charge is -2.35. The molecule has 0 unspecified atom stereocenters. The minimum Gasteiger partial charge on any atom is -0.495 e. The van der Waals surface area contributed by atoms with Crippen molar-refractivity contribution >= 4 is 19.9 Å². The standard InChI is InChI=1S/C15H23NO7S2/c1-22-13-4-3-12(24(2,18)19)9-14(13)25(20,21)16-10-15(11-17)5-7-23-8-6-15/h3-4,9,16-17H,5-8,10-11H2,1-2H3. The molecule has 0 aliphatic carbocycles. The van der Waals surface area contributed by atoms with Crippen molar-refractivity contribution in [3.8, 4) is 5.75 Å². The fraction of sp³-hybridized carbons (Fsp3) is 0.600. The van der Waals surface area contributed by atoms with Crippen LogP contribution in [0.3, 0.4) is 0 Å². The van der Waals surface area contributed by atoms with Crippen LogP contribution in [0.25, 0.3) is 0 Å². The summed E-state index contributed by atoms with van der Waals surface area (Å²) in [6, 6.07) is 3.67. The van der Waals surface area contributed by atoms with Crippen molar-refractivity contribution in [2.24, 2.45) is 5.41 Å². The summed E-state index contributed by atoms with van der Waals surface area (Å²) >= 11 is 0. The average Bonchev–Trinajstić information content (AvgIpc) is 2.59. The van der Waals surface area contributed by atoms with Crippen LogP contribution in [0.15, 0.2) is 28.0 Å². The molecular formula is C15H23NO7S2. The molecule has 0 saturated carbocycles. The predicted octanol–water partition coefficient (Wildman–Crippen LogP) is 0.166. The molecule has 1 saturated heterocycles. The molecule has 142 valence electrons. The van der Waals surface area contributed by atoms with Gasteiger partial charge in [-0.25, -0.2) is 21.6 Å². The van der Waals surface area contributed by atoms with E-state index in [0.717, 1.165) is 12.3 Å². The zero-order valence-electron chi connectivity index (χ0n) is 14.2. The zero-order valence-corrected chi connectivity index (χ0v) is 15.8. The Kier molecular flexibility index (Phi) is 6.10. The number of ether oxygens (including phenoxy) is 2. The Bertz CT molecular complexity index is 812. The first kappa shape index (κ1) is 20.1. The van der Waals surface area contributed by atoms with E-state index in [1.54, 1.807) is 0 Å². The lowest BCUT2D eigenvalue weighted by molar-refractivity contribution is -0.0126. The lowest BCUT2D eigenvalue weighted by atomic mass is 9.81. The van der Waals surface area contributed by atoms with Crippen molar-refractivity contribution in [1.29, 1.82) is 0 Å². The third-order valence-corrected chi connectivity index (χ3v) is 6.91. The van der Waals surface area contributed by atoms with Crippen LogP contribution in [0.5, 0.6) is 5.75 Å². The summed E-state index contributed by atoms with van der Waals surface area (Å²) in [6.07, 6.45) is 2.07. The Morgan fingerprint density at radius 1 is 1.24 bits per heavy atom. The van der Waals surface area contributed by atoms with E-state index < -0.39 is 25.3 Å². The molecule has 0 atom stereocenters. The number of methoxy groups -OCH3 is 1. The molecule has 1 fully saturated rings. The van der Waals surface area contributed by atoms with Crippen LogP contribution in [-0.4, -0.2) is 61.7 Å². The number of sulfone groups is 1. The summed E-state index contributed by atoms with van der Waals surface area (Å²) in [7, 11) is -6.28. The van der Waals surface area contributed by atoms with Gasteiger partial charge in [0.1, 0.15) is 10.6 Å². The Labute approximate surface area is 148 Å². The summed E-state index contributed by atoms with van der Waals surface area (Å²) in [5.74, 6) is 0.0462. The Morgan fingerprint density at radius 3 is 2.40 bits per heavy atom. The van der Waals surface area contributed by atoms with Gasteiger partial charge in [0, 0.05) is 31.4 Å². The summed E-state index contributed by atoms with van der Waals surface area (Å²) in [4.78, 5) is -0.366. The van der Waals surface area contributed by atoms with Crippen molar-refractivity contribution in [2.45, 2.75) is 22.6 Å². The molecule has 0 bridgehead atoms. The molecule has 0 amide bonds. The predicted molar refractivity (Wildman–Crippen MR) is 90.9 cm³/mol. The van der Waals surface area contributed by atoms with Crippen molar-refractivity contribution in [2.75, 3.05) is 39.7 Å². The molecule has 2 N–H and O–H groups in total. The van der Waals surface area contributed by atoms with E-state index in [0.29, 0.717) is 26.1 Å². The van der Waals surface area contributed by atoms with Gasteiger partial charge in [-0.3, -0.25) is 0 Å². The second-order valence-electron chi connectivity index (χ2n) is 6.18. The minimum atomic E-state index is -4.02. The van der Waals surface area contributed by atoms with Gasteiger partial charge in [0.05, 0.1) is 18.6 Å². The molecular weight excluding hydrogens is 370 g/mol. The number of nitrogens with one attached hydrogen (secondary N) is 1. The molecule has 2 rings (SSSR count). The highest BCUT2D eigenvalue weighted by Gasteiger charge is 2.34. The maximum absolute atomic E-state index is 12.7. The molecule has 1 aliphatic rings. The molecule has 0 spiro atoms. The zero-order chi connectivity index (χ0) is 18.7. The monoisotopic (exact) mass is 393 g/mol. The van der Waals surface area contributed by atoms with E-state index in [2.05, 4.69) is 4.72 Å². The quantitative estimate of drug-likeness (QED) is 0.677. The van der Waals surface area contributed by atoms with Gasteiger partial charge in [0.15, 0.2) is 9.84 Å². The van der Waals surface area contributed by atoms with Crippen LogP contribution in [0, 0.1) is 5.41 Å². The van der Waals surface area contributed by atoms with Crippen LogP contribution < -0.4 is 9.46 Å². The number of benzene rings is 1. The smallest absolute Gasteiger partial charge is 0.244 e. The second kappa shape index (κ2) is 7.58. The molecule has 10 heteroatoms. The summed E-state index contributed by atoms with van der Waals surface area (Å²) in [5, 5.41) is 9.67. The number of rotatable bonds is 7. The largest absolute Gasteiger partial charge is 0.495 e. The minimum absolute atomic E-state index is 0.0292. The van der Waals surface area contributed by atoms with Crippen LogP contribution in [0.1, 0.15) is 12.8 Å². The highest BCUT2D eigenvalue weighted by Crippen LogP contribution is 2.31. The number of hydrogen-bond donors (Lipinski definition) is 2. The normalized spacial score (nSPS) is 18.0. The molecule has 0 radical (unpaired) electrons. The molecule has 0 aromatic heterocycles. The molecule has 1 heterocycles. The van der Waals surface area contributed by atoms with E-state index in [1.165, 1.54) is 19.2 Å². The van der Waals surface area contributed by atoms with Crippen molar-refractivity contribution in [3.63, 3.8) is 0 Å². The first-order chi connectivity index (χ1) is 11.6. The van der Waals surface area contributed by atoms with E-state index >= 15 is 0 Å². The van der Waals surface area contributed by atoms with Gasteiger partial charge in [-0.15, -0.1) is 0 Å². The number of sulfonamides is 1. The topological polar surface area (TPSA) is 119 Å². The third kappa shape index (κ3) is 4.70. The average molecular weight is 393 g/mol. The summed E-state index contributed by atoms with van der Waals surface area (Å²) in [5.41, 5.74) is -0.590. The fourth-order valence-electron chi connectivity index (χ4n) is 2.62. The van der Waals surface area contributed by atoms with Gasteiger partial charge in [0.2, 0.25) is 10.0 Å². The number of aliphatic hydroxyl groups excluding tert-OH is 1. The van der Waals surface area contributed by atoms with Crippen LogP contribution in [-0.2, 0) is 24.6 Å². The van der Waals surface area contributed by atoms with Gasteiger partial charge in [-0.2, -0.15) is 0 Å². The Hall–Kier alpha value is -1.20. The van der Waals surface area contributed by atoms with E-state index in [9.17, 15) is 21.9 Å². The maximum atomic E-state index is 12.7. The summed E-state index contributed by atoms with van der Waals surface area (Å²) < 4.78 is 61.6. The Balaban J connectivity index is 2.32. The highest BCUT2D eigenvalue weighted by molar-refractivity contribution is 7.91. The molecule has 1 aromatic rings. The SMILES string of the molecule is COc1ccc(S(C)(=O)=O)cc1S(=O)(=O)NCC1(CO)CCOCC1. The second-order valence-corrected chi connectivity index (χ2v) is 9.93. The third-order valence-electron chi connectivity index (χ3n) is 4.38. The van der Waals surface area contributed by atoms with Crippen molar-refractivity contribution < 1.29 is 31.4 Å². The molecule has 8 nitrogen and oxygen atoms in total. The maximum Gasteiger partial charge on any atom is 0.244 e. The molecule has 1 aliphatic heterocycles. The molecule has 1 aromatic carbocycles. The van der Waals surface area contributed by atoms with Crippen LogP contribution in [0.4, 0.5) is 0 Å². The van der Waals surface area contributed by atoms with Gasteiger partial charge in [0.25, 0.3) is 0 Å². The molecule has 25 heavy (non-hydrogen) atoms. The Morgan fingerprint density at radius 2 is 1.88 bits per heavy atom. The lowest BCUT2D eigenvalue weighted by Crippen LogP contribution is -2.43. The van der Waals surface area contributed by atoms with Crippen molar-refractivity contribution in [3.05, 3.63) is 18.2 Å². The number of hydrogen-bond acceptors (Lipinski definition) is 7.